The maximum absolute atomic E-state index is 11.4. The summed E-state index contributed by atoms with van der Waals surface area (Å²) < 4.78 is 5.49. The van der Waals surface area contributed by atoms with Crippen LogP contribution < -0.4 is 5.73 Å². The Morgan fingerprint density at radius 2 is 2.12 bits per heavy atom. The van der Waals surface area contributed by atoms with Crippen LogP contribution >= 0.6 is 0 Å². The first-order chi connectivity index (χ1) is 8.11. The van der Waals surface area contributed by atoms with Crippen molar-refractivity contribution in [2.75, 3.05) is 6.61 Å². The van der Waals surface area contributed by atoms with Crippen LogP contribution in [0.3, 0.4) is 0 Å². The van der Waals surface area contributed by atoms with E-state index >= 15 is 0 Å². The van der Waals surface area contributed by atoms with Crippen molar-refractivity contribution in [1.82, 2.24) is 0 Å². The first-order valence-corrected chi connectivity index (χ1v) is 6.03. The molecule has 0 aromatic carbocycles. The van der Waals surface area contributed by atoms with E-state index in [1.165, 1.54) is 0 Å². The highest BCUT2D eigenvalue weighted by Gasteiger charge is 2.32. The highest BCUT2D eigenvalue weighted by Crippen LogP contribution is 2.31. The average molecular weight is 237 g/mol. The second-order valence-corrected chi connectivity index (χ2v) is 3.69. The van der Waals surface area contributed by atoms with Crippen LogP contribution in [0.4, 0.5) is 0 Å². The van der Waals surface area contributed by atoms with Crippen molar-refractivity contribution in [2.45, 2.75) is 27.7 Å². The molecule has 0 radical (unpaired) electrons. The number of carbonyl (C=O) groups is 1. The molecule has 2 unspecified atom stereocenters. The van der Waals surface area contributed by atoms with Gasteiger partial charge in [-0.2, -0.15) is 0 Å². The molecule has 0 saturated heterocycles. The number of allylic oxidation sites excluding steroid dienone is 3. The van der Waals surface area contributed by atoms with E-state index in [2.05, 4.69) is 6.58 Å². The van der Waals surface area contributed by atoms with Gasteiger partial charge in [-0.25, -0.2) is 0 Å². The Balaban J connectivity index is 0.00000121. The number of primary amides is 1. The van der Waals surface area contributed by atoms with E-state index in [1.54, 1.807) is 6.08 Å². The van der Waals surface area contributed by atoms with E-state index < -0.39 is 0 Å². The number of ether oxygens (including phenoxy) is 1. The molecule has 1 rings (SSSR count). The molecule has 17 heavy (non-hydrogen) atoms. The van der Waals surface area contributed by atoms with Gasteiger partial charge in [0.2, 0.25) is 5.91 Å². The van der Waals surface area contributed by atoms with Crippen molar-refractivity contribution in [1.29, 1.82) is 0 Å². The smallest absolute Gasteiger partial charge is 0.225 e. The fourth-order valence-corrected chi connectivity index (χ4v) is 1.84. The summed E-state index contributed by atoms with van der Waals surface area (Å²) in [5.41, 5.74) is 6.23. The van der Waals surface area contributed by atoms with E-state index in [4.69, 9.17) is 10.5 Å². The summed E-state index contributed by atoms with van der Waals surface area (Å²) in [5.74, 6) is 0.189. The van der Waals surface area contributed by atoms with Crippen LogP contribution in [0.5, 0.6) is 0 Å². The van der Waals surface area contributed by atoms with Gasteiger partial charge < -0.3 is 10.5 Å². The van der Waals surface area contributed by atoms with Gasteiger partial charge in [-0.15, -0.1) is 0 Å². The summed E-state index contributed by atoms with van der Waals surface area (Å²) in [6.45, 7) is 12.0. The second-order valence-electron chi connectivity index (χ2n) is 3.69. The lowest BCUT2D eigenvalue weighted by Gasteiger charge is -2.29. The number of nitrogens with two attached hydrogens (primary N) is 1. The summed E-state index contributed by atoms with van der Waals surface area (Å²) in [4.78, 5) is 11.4. The number of hydrogen-bond acceptors (Lipinski definition) is 2. The number of rotatable bonds is 3. The first-order valence-electron chi connectivity index (χ1n) is 6.03. The average Bonchev–Trinajstić information content (AvgIpc) is 2.32. The van der Waals surface area contributed by atoms with Gasteiger partial charge in [0.05, 0.1) is 12.5 Å². The minimum absolute atomic E-state index is 0.109. The molecule has 0 aromatic heterocycles. The Labute approximate surface area is 104 Å². The lowest BCUT2D eigenvalue weighted by Crippen LogP contribution is -2.35. The van der Waals surface area contributed by atoms with Gasteiger partial charge >= 0.3 is 0 Å². The second kappa shape index (κ2) is 7.71. The van der Waals surface area contributed by atoms with Crippen LogP contribution in [-0.4, -0.2) is 12.5 Å². The van der Waals surface area contributed by atoms with Crippen LogP contribution in [-0.2, 0) is 9.53 Å². The van der Waals surface area contributed by atoms with E-state index in [-0.39, 0.29) is 17.7 Å². The molecular weight excluding hydrogens is 214 g/mol. The summed E-state index contributed by atoms with van der Waals surface area (Å²) in [6, 6.07) is 0. The molecule has 0 fully saturated rings. The van der Waals surface area contributed by atoms with Gasteiger partial charge in [0, 0.05) is 11.5 Å². The standard InChI is InChI=1S/C12H17NO2.C2H6/c1-4-6-9-10(5-2)15-7-8(3)11(9)12(13)14;1-2/h4-6,8,11H,2,7H2,1,3H3,(H2,13,14);1-2H3/b6-4-;. The molecule has 3 heteroatoms. The molecule has 2 N–H and O–H groups in total. The molecule has 0 aromatic rings. The normalized spacial score (nSPS) is 23.8. The molecular formula is C14H23NO2. The van der Waals surface area contributed by atoms with Crippen molar-refractivity contribution in [3.63, 3.8) is 0 Å². The van der Waals surface area contributed by atoms with Crippen LogP contribution in [0.1, 0.15) is 27.7 Å². The van der Waals surface area contributed by atoms with E-state index in [0.717, 1.165) is 5.57 Å². The van der Waals surface area contributed by atoms with Gasteiger partial charge in [-0.1, -0.05) is 39.5 Å². The number of hydrogen-bond donors (Lipinski definition) is 1. The quantitative estimate of drug-likeness (QED) is 0.820. The third-order valence-electron chi connectivity index (χ3n) is 2.53. The van der Waals surface area contributed by atoms with Gasteiger partial charge in [0.1, 0.15) is 5.76 Å². The van der Waals surface area contributed by atoms with E-state index in [1.807, 2.05) is 39.8 Å². The minimum atomic E-state index is -0.307. The summed E-state index contributed by atoms with van der Waals surface area (Å²) in [6.07, 6.45) is 5.36. The molecule has 1 aliphatic heterocycles. The maximum Gasteiger partial charge on any atom is 0.225 e. The molecule has 0 aliphatic carbocycles. The minimum Gasteiger partial charge on any atom is -0.493 e. The van der Waals surface area contributed by atoms with E-state index in [9.17, 15) is 4.79 Å². The van der Waals surface area contributed by atoms with E-state index in [0.29, 0.717) is 12.4 Å². The van der Waals surface area contributed by atoms with Crippen molar-refractivity contribution >= 4 is 5.91 Å². The molecule has 0 bridgehead atoms. The monoisotopic (exact) mass is 237 g/mol. The highest BCUT2D eigenvalue weighted by molar-refractivity contribution is 5.81. The fraction of sp³-hybridized carbons (Fsp3) is 0.500. The zero-order chi connectivity index (χ0) is 13.4. The summed E-state index contributed by atoms with van der Waals surface area (Å²) in [5, 5.41) is 0. The van der Waals surface area contributed by atoms with Crippen molar-refractivity contribution < 1.29 is 9.53 Å². The Kier molecular flexibility index (Phi) is 7.03. The van der Waals surface area contributed by atoms with Crippen LogP contribution in [0.2, 0.25) is 0 Å². The van der Waals surface area contributed by atoms with Crippen molar-refractivity contribution in [3.05, 3.63) is 36.1 Å². The summed E-state index contributed by atoms with van der Waals surface area (Å²) in [7, 11) is 0. The van der Waals surface area contributed by atoms with Gasteiger partial charge in [0.25, 0.3) is 0 Å². The molecule has 1 heterocycles. The summed E-state index contributed by atoms with van der Waals surface area (Å²) >= 11 is 0. The topological polar surface area (TPSA) is 52.3 Å². The number of carbonyl (C=O) groups excluding carboxylic acids is 1. The SMILES string of the molecule is C=CC1=C(/C=C\C)C(C(N)=O)C(C)CO1.CC. The third kappa shape index (κ3) is 3.77. The lowest BCUT2D eigenvalue weighted by atomic mass is 9.84. The largest absolute Gasteiger partial charge is 0.493 e. The van der Waals surface area contributed by atoms with Gasteiger partial charge in [0.15, 0.2) is 0 Å². The molecule has 0 saturated carbocycles. The predicted octanol–water partition coefficient (Wildman–Crippen LogP) is 2.80. The van der Waals surface area contributed by atoms with Crippen LogP contribution in [0, 0.1) is 11.8 Å². The Morgan fingerprint density at radius 1 is 1.53 bits per heavy atom. The molecule has 0 spiro atoms. The lowest BCUT2D eigenvalue weighted by molar-refractivity contribution is -0.123. The van der Waals surface area contributed by atoms with Crippen molar-refractivity contribution in [3.8, 4) is 0 Å². The molecule has 1 amide bonds. The van der Waals surface area contributed by atoms with Crippen LogP contribution in [0.15, 0.2) is 36.1 Å². The molecule has 2 atom stereocenters. The first kappa shape index (κ1) is 15.5. The highest BCUT2D eigenvalue weighted by atomic mass is 16.5. The van der Waals surface area contributed by atoms with Crippen LogP contribution in [0.25, 0.3) is 0 Å². The zero-order valence-electron chi connectivity index (χ0n) is 11.2. The Hall–Kier alpha value is -1.51. The fourth-order valence-electron chi connectivity index (χ4n) is 1.84. The van der Waals surface area contributed by atoms with Gasteiger partial charge in [-0.3, -0.25) is 4.79 Å². The molecule has 1 aliphatic rings. The zero-order valence-corrected chi connectivity index (χ0v) is 11.2. The molecule has 96 valence electrons. The third-order valence-corrected chi connectivity index (χ3v) is 2.53. The number of amides is 1. The Bertz CT molecular complexity index is 329. The predicted molar refractivity (Wildman–Crippen MR) is 71.2 cm³/mol. The van der Waals surface area contributed by atoms with Crippen molar-refractivity contribution in [2.24, 2.45) is 17.6 Å². The Morgan fingerprint density at radius 3 is 2.53 bits per heavy atom. The molecule has 3 nitrogen and oxygen atoms in total. The van der Waals surface area contributed by atoms with Gasteiger partial charge in [-0.05, 0) is 13.0 Å². The maximum atomic E-state index is 11.4.